The van der Waals surface area contributed by atoms with Gasteiger partial charge < -0.3 is 19.2 Å². The maximum absolute atomic E-state index is 12.2. The molecule has 4 rings (SSSR count). The first-order valence-electron chi connectivity index (χ1n) is 10.4. The third kappa shape index (κ3) is 5.96. The van der Waals surface area contributed by atoms with E-state index in [4.69, 9.17) is 27.9 Å². The highest BCUT2D eigenvalue weighted by molar-refractivity contribution is 6.36. The molecular weight excluding hydrogens is 495 g/mol. The Morgan fingerprint density at radius 3 is 2.00 bits per heavy atom. The highest BCUT2D eigenvalue weighted by atomic mass is 35.5. The van der Waals surface area contributed by atoms with Gasteiger partial charge in [0.05, 0.1) is 40.9 Å². The summed E-state index contributed by atoms with van der Waals surface area (Å²) in [5.74, 6) is -0.817. The molecule has 0 saturated heterocycles. The summed E-state index contributed by atoms with van der Waals surface area (Å²) in [6.45, 7) is 5.36. The third-order valence-electron chi connectivity index (χ3n) is 4.82. The molecule has 0 saturated carbocycles. The summed E-state index contributed by atoms with van der Waals surface area (Å²) in [7, 11) is 2.66. The second-order valence-electron chi connectivity index (χ2n) is 8.44. The molecule has 0 spiro atoms. The molecule has 0 aliphatic rings. The number of hydrogen-bond acceptors (Lipinski definition) is 6. The Hall–Kier alpha value is -3.49. The quantitative estimate of drug-likeness (QED) is 0.241. The van der Waals surface area contributed by atoms with E-state index in [-0.39, 0.29) is 5.97 Å². The van der Waals surface area contributed by atoms with E-state index in [9.17, 15) is 14.4 Å². The molecule has 0 aliphatic carbocycles. The van der Waals surface area contributed by atoms with Crippen molar-refractivity contribution in [2.45, 2.75) is 26.4 Å². The molecular formula is C25H24Cl2N2O6. The van der Waals surface area contributed by atoms with Crippen molar-refractivity contribution < 1.29 is 28.6 Å². The molecule has 1 N–H and O–H groups in total. The van der Waals surface area contributed by atoms with Crippen molar-refractivity contribution in [3.8, 4) is 0 Å². The third-order valence-corrected chi connectivity index (χ3v) is 5.43. The zero-order valence-corrected chi connectivity index (χ0v) is 21.3. The van der Waals surface area contributed by atoms with Crippen molar-refractivity contribution in [1.82, 2.24) is 9.55 Å². The lowest BCUT2D eigenvalue weighted by Gasteiger charge is -2.19. The Morgan fingerprint density at radius 2 is 1.43 bits per heavy atom. The Balaban J connectivity index is 0.000000211. The first-order chi connectivity index (χ1) is 16.4. The van der Waals surface area contributed by atoms with Gasteiger partial charge in [0, 0.05) is 28.7 Å². The fraction of sp³-hybridized carbons (Fsp3) is 0.240. The predicted octanol–water partition coefficient (Wildman–Crippen LogP) is 6.47. The first-order valence-corrected chi connectivity index (χ1v) is 11.2. The van der Waals surface area contributed by atoms with Crippen LogP contribution in [0.15, 0.2) is 48.8 Å². The van der Waals surface area contributed by atoms with E-state index in [0.29, 0.717) is 32.1 Å². The van der Waals surface area contributed by atoms with Gasteiger partial charge in [-0.15, -0.1) is 0 Å². The molecule has 2 aromatic heterocycles. The van der Waals surface area contributed by atoms with Crippen LogP contribution < -0.4 is 0 Å². The number of fused-ring (bicyclic) bond motifs is 2. The number of esters is 2. The molecule has 0 radical (unpaired) electrons. The number of carbonyl (C=O) groups is 3. The molecule has 35 heavy (non-hydrogen) atoms. The van der Waals surface area contributed by atoms with Gasteiger partial charge in [0.15, 0.2) is 0 Å². The van der Waals surface area contributed by atoms with Crippen LogP contribution in [0.5, 0.6) is 0 Å². The van der Waals surface area contributed by atoms with E-state index in [1.807, 2.05) is 0 Å². The minimum absolute atomic E-state index is 0.357. The van der Waals surface area contributed by atoms with E-state index in [1.165, 1.54) is 25.0 Å². The average molecular weight is 519 g/mol. The number of ether oxygens (including phenoxy) is 3. The number of nitrogens with one attached hydrogen (secondary N) is 1. The van der Waals surface area contributed by atoms with Gasteiger partial charge >= 0.3 is 18.0 Å². The minimum atomic E-state index is -0.605. The van der Waals surface area contributed by atoms with Crippen LogP contribution in [0.3, 0.4) is 0 Å². The van der Waals surface area contributed by atoms with Gasteiger partial charge in [0.25, 0.3) is 0 Å². The predicted molar refractivity (Wildman–Crippen MR) is 135 cm³/mol. The van der Waals surface area contributed by atoms with Crippen LogP contribution in [-0.4, -0.2) is 47.4 Å². The van der Waals surface area contributed by atoms with Gasteiger partial charge in [0.2, 0.25) is 0 Å². The Bertz CT molecular complexity index is 1410. The van der Waals surface area contributed by atoms with Crippen LogP contribution >= 0.6 is 23.2 Å². The summed E-state index contributed by atoms with van der Waals surface area (Å²) in [5.41, 5.74) is 1.74. The standard InChI is InChI=1S/C15H16ClNO4.C10H8ClNO2/c1-15(2,3)21-14(19)17-8-11(16)10-7-9(13(18)20-4)5-6-12(10)17;1-14-10(13)6-2-3-9-7(4-6)8(11)5-12-9/h5-8H,1-4H3;2-5,12H,1H3. The number of benzene rings is 2. The van der Waals surface area contributed by atoms with Crippen LogP contribution in [0.2, 0.25) is 10.0 Å². The highest BCUT2D eigenvalue weighted by Crippen LogP contribution is 2.28. The molecule has 0 fully saturated rings. The van der Waals surface area contributed by atoms with Crippen molar-refractivity contribution in [3.05, 3.63) is 70.0 Å². The van der Waals surface area contributed by atoms with Crippen molar-refractivity contribution >= 4 is 63.0 Å². The smallest absolute Gasteiger partial charge is 0.419 e. The Morgan fingerprint density at radius 1 is 0.857 bits per heavy atom. The summed E-state index contributed by atoms with van der Waals surface area (Å²) in [4.78, 5) is 37.9. The Kier molecular flexibility index (Phi) is 7.77. The van der Waals surface area contributed by atoms with E-state index < -0.39 is 17.7 Å². The lowest BCUT2D eigenvalue weighted by atomic mass is 10.1. The highest BCUT2D eigenvalue weighted by Gasteiger charge is 2.21. The molecule has 0 unspecified atom stereocenters. The topological polar surface area (TPSA) is 99.6 Å². The molecule has 10 heteroatoms. The van der Waals surface area contributed by atoms with Crippen molar-refractivity contribution in [2.75, 3.05) is 14.2 Å². The summed E-state index contributed by atoms with van der Waals surface area (Å²) in [6, 6.07) is 10.0. The normalized spacial score (nSPS) is 11.1. The van der Waals surface area contributed by atoms with Gasteiger partial charge in [-0.1, -0.05) is 23.2 Å². The fourth-order valence-corrected chi connectivity index (χ4v) is 3.69. The maximum Gasteiger partial charge on any atom is 0.419 e. The second kappa shape index (κ2) is 10.4. The van der Waals surface area contributed by atoms with Crippen LogP contribution in [0.25, 0.3) is 21.8 Å². The monoisotopic (exact) mass is 518 g/mol. The van der Waals surface area contributed by atoms with Crippen molar-refractivity contribution in [1.29, 1.82) is 0 Å². The lowest BCUT2D eigenvalue weighted by Crippen LogP contribution is -2.26. The average Bonchev–Trinajstić information content (AvgIpc) is 3.36. The van der Waals surface area contributed by atoms with Crippen molar-refractivity contribution in [3.63, 3.8) is 0 Å². The van der Waals surface area contributed by atoms with Gasteiger partial charge in [-0.05, 0) is 57.2 Å². The molecule has 0 atom stereocenters. The fourth-order valence-electron chi connectivity index (χ4n) is 3.23. The lowest BCUT2D eigenvalue weighted by molar-refractivity contribution is 0.0542. The van der Waals surface area contributed by atoms with E-state index in [0.717, 1.165) is 10.9 Å². The molecule has 2 aromatic carbocycles. The van der Waals surface area contributed by atoms with Crippen molar-refractivity contribution in [2.24, 2.45) is 0 Å². The van der Waals surface area contributed by atoms with Crippen LogP contribution in [0, 0.1) is 0 Å². The summed E-state index contributed by atoms with van der Waals surface area (Å²) >= 11 is 12.0. The van der Waals surface area contributed by atoms with Crippen LogP contribution in [-0.2, 0) is 14.2 Å². The van der Waals surface area contributed by atoms with E-state index in [2.05, 4.69) is 14.5 Å². The number of rotatable bonds is 2. The molecule has 4 aromatic rings. The first kappa shape index (κ1) is 26.1. The SMILES string of the molecule is COC(=O)c1ccc2[nH]cc(Cl)c2c1.COC(=O)c1ccc2c(c1)c(Cl)cn2C(=O)OC(C)(C)C. The maximum atomic E-state index is 12.2. The van der Waals surface area contributed by atoms with Crippen LogP contribution in [0.4, 0.5) is 4.79 Å². The van der Waals surface area contributed by atoms with Gasteiger partial charge in [-0.3, -0.25) is 4.57 Å². The van der Waals surface area contributed by atoms with E-state index >= 15 is 0 Å². The summed E-state index contributed by atoms with van der Waals surface area (Å²) in [5, 5.41) is 2.38. The number of carbonyl (C=O) groups excluding carboxylic acids is 3. The van der Waals surface area contributed by atoms with Gasteiger partial charge in [0.1, 0.15) is 5.60 Å². The van der Waals surface area contributed by atoms with Gasteiger partial charge in [-0.25, -0.2) is 14.4 Å². The Labute approximate surface area is 211 Å². The largest absolute Gasteiger partial charge is 0.465 e. The molecule has 2 heterocycles. The molecule has 0 bridgehead atoms. The molecule has 8 nitrogen and oxygen atoms in total. The number of aromatic nitrogens is 2. The number of nitrogens with zero attached hydrogens (tertiary/aromatic N) is 1. The summed E-state index contributed by atoms with van der Waals surface area (Å²) < 4.78 is 15.9. The number of H-pyrrole nitrogens is 1. The minimum Gasteiger partial charge on any atom is -0.465 e. The zero-order valence-electron chi connectivity index (χ0n) is 19.8. The second-order valence-corrected chi connectivity index (χ2v) is 9.25. The number of methoxy groups -OCH3 is 2. The summed E-state index contributed by atoms with van der Waals surface area (Å²) in [6.07, 6.45) is 2.64. The zero-order chi connectivity index (χ0) is 25.9. The molecule has 184 valence electrons. The molecule has 0 aliphatic heterocycles. The number of hydrogen-bond donors (Lipinski definition) is 1. The van der Waals surface area contributed by atoms with E-state index in [1.54, 1.807) is 63.4 Å². The number of aromatic amines is 1. The number of halogens is 2. The van der Waals surface area contributed by atoms with Crippen LogP contribution in [0.1, 0.15) is 41.5 Å². The molecule has 0 amide bonds. The van der Waals surface area contributed by atoms with Gasteiger partial charge in [-0.2, -0.15) is 0 Å².